The molecule has 2 atom stereocenters. The SMILES string of the molecule is COc1cccc(C(=O)CN2CCC3CCCCC32)c1. The van der Waals surface area contributed by atoms with Gasteiger partial charge in [-0.25, -0.2) is 0 Å². The predicted molar refractivity (Wildman–Crippen MR) is 79.3 cm³/mol. The standard InChI is InChI=1S/C17H23NO2/c1-20-15-7-4-6-14(11-15)17(19)12-18-10-9-13-5-2-3-8-16(13)18/h4,6-7,11,13,16H,2-3,5,8-10,12H2,1H3. The van der Waals surface area contributed by atoms with Crippen molar-refractivity contribution in [3.05, 3.63) is 29.8 Å². The Morgan fingerprint density at radius 2 is 2.15 bits per heavy atom. The number of methoxy groups -OCH3 is 1. The van der Waals surface area contributed by atoms with Gasteiger partial charge < -0.3 is 4.74 Å². The fourth-order valence-corrected chi connectivity index (χ4v) is 3.77. The summed E-state index contributed by atoms with van der Waals surface area (Å²) in [6.07, 6.45) is 6.60. The lowest BCUT2D eigenvalue weighted by Gasteiger charge is -2.31. The molecule has 1 heterocycles. The second-order valence-electron chi connectivity index (χ2n) is 6.03. The number of Topliss-reactive ketones (excluding diaryl/α,β-unsaturated/α-hetero) is 1. The van der Waals surface area contributed by atoms with Crippen LogP contribution in [-0.2, 0) is 0 Å². The monoisotopic (exact) mass is 273 g/mol. The van der Waals surface area contributed by atoms with Crippen LogP contribution >= 0.6 is 0 Å². The van der Waals surface area contributed by atoms with E-state index in [2.05, 4.69) is 4.90 Å². The molecule has 1 aromatic rings. The number of ether oxygens (including phenoxy) is 1. The minimum Gasteiger partial charge on any atom is -0.497 e. The van der Waals surface area contributed by atoms with Gasteiger partial charge in [0.05, 0.1) is 13.7 Å². The van der Waals surface area contributed by atoms with E-state index in [4.69, 9.17) is 4.74 Å². The predicted octanol–water partition coefficient (Wildman–Crippen LogP) is 3.14. The van der Waals surface area contributed by atoms with Crippen molar-refractivity contribution in [1.29, 1.82) is 0 Å². The van der Waals surface area contributed by atoms with Gasteiger partial charge in [-0.2, -0.15) is 0 Å². The smallest absolute Gasteiger partial charge is 0.176 e. The third-order valence-corrected chi connectivity index (χ3v) is 4.86. The van der Waals surface area contributed by atoms with Crippen molar-refractivity contribution >= 4 is 5.78 Å². The molecule has 2 aliphatic rings. The van der Waals surface area contributed by atoms with Crippen LogP contribution in [0, 0.1) is 5.92 Å². The summed E-state index contributed by atoms with van der Waals surface area (Å²) in [5.74, 6) is 1.81. The molecule has 2 unspecified atom stereocenters. The molecule has 0 radical (unpaired) electrons. The number of carbonyl (C=O) groups is 1. The fourth-order valence-electron chi connectivity index (χ4n) is 3.77. The topological polar surface area (TPSA) is 29.5 Å². The van der Waals surface area contributed by atoms with Crippen molar-refractivity contribution in [3.63, 3.8) is 0 Å². The van der Waals surface area contributed by atoms with Gasteiger partial charge in [0.1, 0.15) is 5.75 Å². The van der Waals surface area contributed by atoms with Gasteiger partial charge in [-0.3, -0.25) is 9.69 Å². The van der Waals surface area contributed by atoms with Crippen molar-refractivity contribution < 1.29 is 9.53 Å². The molecule has 3 heteroatoms. The van der Waals surface area contributed by atoms with E-state index in [1.165, 1.54) is 32.1 Å². The van der Waals surface area contributed by atoms with E-state index in [1.54, 1.807) is 7.11 Å². The Balaban J connectivity index is 1.66. The Morgan fingerprint density at radius 3 is 3.00 bits per heavy atom. The molecule has 0 spiro atoms. The highest BCUT2D eigenvalue weighted by molar-refractivity contribution is 5.98. The molecule has 3 rings (SSSR count). The molecule has 20 heavy (non-hydrogen) atoms. The zero-order valence-electron chi connectivity index (χ0n) is 12.2. The number of rotatable bonds is 4. The molecule has 1 saturated heterocycles. The summed E-state index contributed by atoms with van der Waals surface area (Å²) in [7, 11) is 1.64. The summed E-state index contributed by atoms with van der Waals surface area (Å²) in [5, 5.41) is 0. The van der Waals surface area contributed by atoms with E-state index in [0.29, 0.717) is 12.6 Å². The van der Waals surface area contributed by atoms with Crippen molar-refractivity contribution in [3.8, 4) is 5.75 Å². The van der Waals surface area contributed by atoms with Gasteiger partial charge in [-0.15, -0.1) is 0 Å². The summed E-state index contributed by atoms with van der Waals surface area (Å²) in [5.41, 5.74) is 0.767. The highest BCUT2D eigenvalue weighted by Crippen LogP contribution is 2.36. The quantitative estimate of drug-likeness (QED) is 0.789. The van der Waals surface area contributed by atoms with Gasteiger partial charge >= 0.3 is 0 Å². The third-order valence-electron chi connectivity index (χ3n) is 4.86. The molecule has 3 nitrogen and oxygen atoms in total. The maximum atomic E-state index is 12.4. The minimum atomic E-state index is 0.218. The molecule has 2 fully saturated rings. The van der Waals surface area contributed by atoms with Crippen LogP contribution in [-0.4, -0.2) is 36.9 Å². The molecular formula is C17H23NO2. The number of likely N-dealkylation sites (tertiary alicyclic amines) is 1. The van der Waals surface area contributed by atoms with Crippen molar-refractivity contribution in [2.24, 2.45) is 5.92 Å². The Hall–Kier alpha value is -1.35. The van der Waals surface area contributed by atoms with Gasteiger partial charge in [-0.05, 0) is 43.9 Å². The van der Waals surface area contributed by atoms with Gasteiger partial charge in [0.15, 0.2) is 5.78 Å². The first-order valence-electron chi connectivity index (χ1n) is 7.69. The lowest BCUT2D eigenvalue weighted by molar-refractivity contribution is 0.0895. The van der Waals surface area contributed by atoms with Crippen LogP contribution in [0.15, 0.2) is 24.3 Å². The Morgan fingerprint density at radius 1 is 1.30 bits per heavy atom. The number of carbonyl (C=O) groups excluding carboxylic acids is 1. The van der Waals surface area contributed by atoms with Crippen LogP contribution in [0.25, 0.3) is 0 Å². The van der Waals surface area contributed by atoms with E-state index >= 15 is 0 Å². The average molecular weight is 273 g/mol. The molecule has 1 saturated carbocycles. The molecule has 0 amide bonds. The highest BCUT2D eigenvalue weighted by Gasteiger charge is 2.36. The summed E-state index contributed by atoms with van der Waals surface area (Å²) in [6.45, 7) is 1.65. The van der Waals surface area contributed by atoms with E-state index in [1.807, 2.05) is 24.3 Å². The molecule has 0 aromatic heterocycles. The summed E-state index contributed by atoms with van der Waals surface area (Å²) in [6, 6.07) is 8.15. The molecule has 1 aliphatic heterocycles. The zero-order valence-corrected chi connectivity index (χ0v) is 12.2. The first-order chi connectivity index (χ1) is 9.78. The largest absolute Gasteiger partial charge is 0.497 e. The molecule has 0 bridgehead atoms. The minimum absolute atomic E-state index is 0.218. The van der Waals surface area contributed by atoms with Crippen LogP contribution in [0.3, 0.4) is 0 Å². The fraction of sp³-hybridized carbons (Fsp3) is 0.588. The zero-order chi connectivity index (χ0) is 13.9. The van der Waals surface area contributed by atoms with Gasteiger partial charge in [0.2, 0.25) is 0 Å². The van der Waals surface area contributed by atoms with Crippen molar-refractivity contribution in [2.45, 2.75) is 38.1 Å². The number of hydrogen-bond donors (Lipinski definition) is 0. The first kappa shape index (κ1) is 13.6. The molecule has 108 valence electrons. The summed E-state index contributed by atoms with van der Waals surface area (Å²) < 4.78 is 5.20. The number of hydrogen-bond acceptors (Lipinski definition) is 3. The van der Waals surface area contributed by atoms with Crippen molar-refractivity contribution in [1.82, 2.24) is 4.90 Å². The van der Waals surface area contributed by atoms with E-state index in [9.17, 15) is 4.79 Å². The lowest BCUT2D eigenvalue weighted by Crippen LogP contribution is -2.38. The van der Waals surface area contributed by atoms with Crippen LogP contribution in [0.4, 0.5) is 0 Å². The summed E-state index contributed by atoms with van der Waals surface area (Å²) >= 11 is 0. The molecule has 0 N–H and O–H groups in total. The first-order valence-corrected chi connectivity index (χ1v) is 7.69. The number of nitrogens with zero attached hydrogens (tertiary/aromatic N) is 1. The average Bonchev–Trinajstić information content (AvgIpc) is 2.90. The third kappa shape index (κ3) is 2.73. The van der Waals surface area contributed by atoms with Gasteiger partial charge in [0, 0.05) is 11.6 Å². The number of benzene rings is 1. The highest BCUT2D eigenvalue weighted by atomic mass is 16.5. The van der Waals surface area contributed by atoms with Crippen molar-refractivity contribution in [2.75, 3.05) is 20.2 Å². The maximum Gasteiger partial charge on any atom is 0.176 e. The van der Waals surface area contributed by atoms with Crippen LogP contribution in [0.2, 0.25) is 0 Å². The second kappa shape index (κ2) is 5.96. The Labute approximate surface area is 120 Å². The second-order valence-corrected chi connectivity index (χ2v) is 6.03. The van der Waals surface area contributed by atoms with Gasteiger partial charge in [0.25, 0.3) is 0 Å². The van der Waals surface area contributed by atoms with Crippen LogP contribution in [0.5, 0.6) is 5.75 Å². The van der Waals surface area contributed by atoms with Crippen LogP contribution in [0.1, 0.15) is 42.5 Å². The van der Waals surface area contributed by atoms with E-state index in [0.717, 1.165) is 23.8 Å². The Bertz CT molecular complexity index is 486. The van der Waals surface area contributed by atoms with Crippen LogP contribution < -0.4 is 4.74 Å². The maximum absolute atomic E-state index is 12.4. The van der Waals surface area contributed by atoms with E-state index in [-0.39, 0.29) is 5.78 Å². The van der Waals surface area contributed by atoms with Gasteiger partial charge in [-0.1, -0.05) is 25.0 Å². The number of ketones is 1. The number of fused-ring (bicyclic) bond motifs is 1. The lowest BCUT2D eigenvalue weighted by atomic mass is 9.85. The molecule has 1 aromatic carbocycles. The summed E-state index contributed by atoms with van der Waals surface area (Å²) in [4.78, 5) is 14.9. The molecular weight excluding hydrogens is 250 g/mol. The van der Waals surface area contributed by atoms with E-state index < -0.39 is 0 Å². The normalized spacial score (nSPS) is 26.2. The Kier molecular flexibility index (Phi) is 4.06. The molecule has 1 aliphatic carbocycles.